The lowest BCUT2D eigenvalue weighted by molar-refractivity contribution is -0.126. The molecule has 2 aromatic heterocycles. The highest BCUT2D eigenvalue weighted by Crippen LogP contribution is 2.34. The number of hydrogen-bond donors (Lipinski definition) is 2. The Kier molecular flexibility index (Phi) is 8.27. The third kappa shape index (κ3) is 6.20. The SMILES string of the molecule is COc1ccc(N(C(=O)CNC(=O)c2ccco2)C(C(=O)NCc2ccco2)c2ccccc2)cc1Cl. The second kappa shape index (κ2) is 12.0. The van der Waals surface area contributed by atoms with Crippen LogP contribution in [0.25, 0.3) is 0 Å². The molecule has 3 amide bonds. The normalized spacial score (nSPS) is 11.4. The Labute approximate surface area is 218 Å². The van der Waals surface area contributed by atoms with Gasteiger partial charge in [-0.15, -0.1) is 0 Å². The van der Waals surface area contributed by atoms with Gasteiger partial charge in [0.25, 0.3) is 5.91 Å². The van der Waals surface area contributed by atoms with Crippen molar-refractivity contribution in [1.82, 2.24) is 10.6 Å². The van der Waals surface area contributed by atoms with Crippen molar-refractivity contribution >= 4 is 35.0 Å². The predicted octanol–water partition coefficient (Wildman–Crippen LogP) is 4.36. The van der Waals surface area contributed by atoms with E-state index in [9.17, 15) is 14.4 Å². The van der Waals surface area contributed by atoms with Crippen LogP contribution in [0.2, 0.25) is 5.02 Å². The van der Waals surface area contributed by atoms with Crippen LogP contribution in [0.15, 0.2) is 94.2 Å². The minimum absolute atomic E-state index is 0.0580. The minimum Gasteiger partial charge on any atom is -0.495 e. The molecular formula is C27H24ClN3O6. The van der Waals surface area contributed by atoms with E-state index in [0.29, 0.717) is 22.8 Å². The highest BCUT2D eigenvalue weighted by Gasteiger charge is 2.33. The van der Waals surface area contributed by atoms with Crippen molar-refractivity contribution in [3.05, 3.63) is 107 Å². The molecule has 0 bridgehead atoms. The summed E-state index contributed by atoms with van der Waals surface area (Å²) in [6, 6.07) is 19.0. The Morgan fingerprint density at radius 2 is 1.70 bits per heavy atom. The fourth-order valence-corrected chi connectivity index (χ4v) is 3.97. The Balaban J connectivity index is 1.69. The number of nitrogens with one attached hydrogen (secondary N) is 2. The van der Waals surface area contributed by atoms with Gasteiger partial charge < -0.3 is 24.2 Å². The number of amides is 3. The average molecular weight is 522 g/mol. The molecule has 0 radical (unpaired) electrons. The smallest absolute Gasteiger partial charge is 0.287 e. The number of rotatable bonds is 10. The third-order valence-electron chi connectivity index (χ3n) is 5.47. The molecule has 0 aliphatic carbocycles. The summed E-state index contributed by atoms with van der Waals surface area (Å²) in [5.74, 6) is -0.561. The topological polar surface area (TPSA) is 114 Å². The number of anilines is 1. The van der Waals surface area contributed by atoms with Crippen LogP contribution in [0.1, 0.15) is 27.9 Å². The maximum atomic E-state index is 13.6. The lowest BCUT2D eigenvalue weighted by Crippen LogP contribution is -2.47. The van der Waals surface area contributed by atoms with E-state index in [1.165, 1.54) is 36.7 Å². The Morgan fingerprint density at radius 1 is 0.946 bits per heavy atom. The second-order valence-corrected chi connectivity index (χ2v) is 8.26. The number of ether oxygens (including phenoxy) is 1. The van der Waals surface area contributed by atoms with E-state index in [0.717, 1.165) is 0 Å². The number of nitrogens with zero attached hydrogens (tertiary/aromatic N) is 1. The van der Waals surface area contributed by atoms with Crippen molar-refractivity contribution in [1.29, 1.82) is 0 Å². The van der Waals surface area contributed by atoms with Crippen molar-refractivity contribution < 1.29 is 28.0 Å². The van der Waals surface area contributed by atoms with Gasteiger partial charge in [-0.1, -0.05) is 41.9 Å². The number of halogens is 1. The number of methoxy groups -OCH3 is 1. The van der Waals surface area contributed by atoms with Crippen molar-refractivity contribution in [2.75, 3.05) is 18.6 Å². The van der Waals surface area contributed by atoms with Crippen LogP contribution in [0, 0.1) is 0 Å². The monoisotopic (exact) mass is 521 g/mol. The highest BCUT2D eigenvalue weighted by molar-refractivity contribution is 6.32. The summed E-state index contributed by atoms with van der Waals surface area (Å²) in [5.41, 5.74) is 0.891. The molecule has 37 heavy (non-hydrogen) atoms. The van der Waals surface area contributed by atoms with E-state index in [-0.39, 0.29) is 17.3 Å². The number of carbonyl (C=O) groups is 3. The lowest BCUT2D eigenvalue weighted by atomic mass is 10.0. The summed E-state index contributed by atoms with van der Waals surface area (Å²) in [7, 11) is 1.48. The first kappa shape index (κ1) is 25.6. The van der Waals surface area contributed by atoms with Gasteiger partial charge in [-0.05, 0) is 48.0 Å². The van der Waals surface area contributed by atoms with E-state index in [1.807, 2.05) is 0 Å². The van der Waals surface area contributed by atoms with Gasteiger partial charge in [-0.3, -0.25) is 19.3 Å². The van der Waals surface area contributed by atoms with Crippen LogP contribution < -0.4 is 20.3 Å². The van der Waals surface area contributed by atoms with E-state index >= 15 is 0 Å². The van der Waals surface area contributed by atoms with Gasteiger partial charge in [0.2, 0.25) is 11.8 Å². The van der Waals surface area contributed by atoms with Crippen LogP contribution in [-0.2, 0) is 16.1 Å². The molecule has 0 spiro atoms. The van der Waals surface area contributed by atoms with Crippen LogP contribution in [0.3, 0.4) is 0 Å². The molecule has 0 aliphatic heterocycles. The van der Waals surface area contributed by atoms with Crippen LogP contribution in [0.5, 0.6) is 5.75 Å². The highest BCUT2D eigenvalue weighted by atomic mass is 35.5. The fourth-order valence-electron chi connectivity index (χ4n) is 3.72. The Morgan fingerprint density at radius 3 is 2.35 bits per heavy atom. The molecule has 190 valence electrons. The molecule has 2 aromatic carbocycles. The van der Waals surface area contributed by atoms with Crippen LogP contribution in [0.4, 0.5) is 5.69 Å². The molecule has 4 aromatic rings. The van der Waals surface area contributed by atoms with Gasteiger partial charge in [0.15, 0.2) is 5.76 Å². The van der Waals surface area contributed by atoms with Crippen molar-refractivity contribution in [2.45, 2.75) is 12.6 Å². The van der Waals surface area contributed by atoms with E-state index in [4.69, 9.17) is 25.2 Å². The zero-order valence-electron chi connectivity index (χ0n) is 19.8. The first-order valence-corrected chi connectivity index (χ1v) is 11.7. The second-order valence-electron chi connectivity index (χ2n) is 7.85. The summed E-state index contributed by atoms with van der Waals surface area (Å²) >= 11 is 6.37. The lowest BCUT2D eigenvalue weighted by Gasteiger charge is -2.32. The summed E-state index contributed by atoms with van der Waals surface area (Å²) in [6.45, 7) is -0.284. The zero-order chi connectivity index (χ0) is 26.2. The molecule has 2 heterocycles. The number of hydrogen-bond acceptors (Lipinski definition) is 6. The zero-order valence-corrected chi connectivity index (χ0v) is 20.6. The molecule has 1 unspecified atom stereocenters. The van der Waals surface area contributed by atoms with E-state index in [1.54, 1.807) is 60.7 Å². The first-order chi connectivity index (χ1) is 18.0. The Hall–Kier alpha value is -4.50. The van der Waals surface area contributed by atoms with Crippen LogP contribution in [-0.4, -0.2) is 31.4 Å². The number of furan rings is 2. The molecule has 0 aliphatic rings. The molecule has 1 atom stereocenters. The van der Waals surface area contributed by atoms with Gasteiger partial charge in [-0.2, -0.15) is 0 Å². The molecule has 9 nitrogen and oxygen atoms in total. The summed E-state index contributed by atoms with van der Waals surface area (Å²) in [5, 5.41) is 5.62. The van der Waals surface area contributed by atoms with Gasteiger partial charge in [0, 0.05) is 5.69 Å². The molecule has 0 saturated heterocycles. The summed E-state index contributed by atoms with van der Waals surface area (Å²) < 4.78 is 15.7. The third-order valence-corrected chi connectivity index (χ3v) is 5.76. The van der Waals surface area contributed by atoms with Gasteiger partial charge in [0.1, 0.15) is 17.6 Å². The first-order valence-electron chi connectivity index (χ1n) is 11.3. The summed E-state index contributed by atoms with van der Waals surface area (Å²) in [6.07, 6.45) is 2.87. The number of carbonyl (C=O) groups excluding carboxylic acids is 3. The molecule has 4 rings (SSSR count). The average Bonchev–Trinajstić information content (AvgIpc) is 3.64. The fraction of sp³-hybridized carbons (Fsp3) is 0.148. The molecule has 2 N–H and O–H groups in total. The van der Waals surface area contributed by atoms with Gasteiger partial charge in [-0.25, -0.2) is 0 Å². The maximum absolute atomic E-state index is 13.6. The van der Waals surface area contributed by atoms with Crippen molar-refractivity contribution in [2.24, 2.45) is 0 Å². The largest absolute Gasteiger partial charge is 0.495 e. The van der Waals surface area contributed by atoms with E-state index in [2.05, 4.69) is 10.6 Å². The van der Waals surface area contributed by atoms with Gasteiger partial charge in [0.05, 0.1) is 37.7 Å². The quantitative estimate of drug-likeness (QED) is 0.320. The van der Waals surface area contributed by atoms with Crippen molar-refractivity contribution in [3.8, 4) is 5.75 Å². The standard InChI is InChI=1S/C27H24ClN3O6/c1-35-22-12-11-19(15-21(22)28)31(24(32)17-30-26(33)23-10-6-14-37-23)25(18-7-3-2-4-8-18)27(34)29-16-20-9-5-13-36-20/h2-15,25H,16-17H2,1H3,(H,29,34)(H,30,33). The Bertz CT molecular complexity index is 1340. The molecular weight excluding hydrogens is 498 g/mol. The number of benzene rings is 2. The molecule has 10 heteroatoms. The maximum Gasteiger partial charge on any atom is 0.287 e. The molecule has 0 saturated carbocycles. The minimum atomic E-state index is -1.09. The molecule has 0 fully saturated rings. The van der Waals surface area contributed by atoms with Gasteiger partial charge >= 0.3 is 0 Å². The van der Waals surface area contributed by atoms with E-state index < -0.39 is 30.3 Å². The summed E-state index contributed by atoms with van der Waals surface area (Å²) in [4.78, 5) is 40.9. The van der Waals surface area contributed by atoms with Crippen LogP contribution >= 0.6 is 11.6 Å². The van der Waals surface area contributed by atoms with Crippen molar-refractivity contribution in [3.63, 3.8) is 0 Å². The predicted molar refractivity (Wildman–Crippen MR) is 136 cm³/mol.